The predicted octanol–water partition coefficient (Wildman–Crippen LogP) is 2.61. The minimum Gasteiger partial charge on any atom is -0.497 e. The van der Waals surface area contributed by atoms with Crippen molar-refractivity contribution in [3.63, 3.8) is 0 Å². The highest BCUT2D eigenvalue weighted by molar-refractivity contribution is 7.80. The summed E-state index contributed by atoms with van der Waals surface area (Å²) in [5, 5.41) is 0.575. The van der Waals surface area contributed by atoms with Crippen LogP contribution in [0.3, 0.4) is 0 Å². The average molecular weight is 240 g/mol. The molecule has 88 valence electrons. The van der Waals surface area contributed by atoms with Gasteiger partial charge in [-0.3, -0.25) is 0 Å². The smallest absolute Gasteiger partial charge is 0.164 e. The molecule has 1 aromatic rings. The third-order valence-corrected chi connectivity index (χ3v) is 2.40. The summed E-state index contributed by atoms with van der Waals surface area (Å²) in [5.74, 6) is 1.53. The standard InChI is InChI=1S/C12H16O3S/c1-4-15-12(16)7-9-5-6-10(13-2)8-11(9)14-3/h5-6,8H,4,7H2,1-3H3. The van der Waals surface area contributed by atoms with Crippen LogP contribution >= 0.6 is 12.2 Å². The van der Waals surface area contributed by atoms with Crippen LogP contribution in [0.5, 0.6) is 11.5 Å². The van der Waals surface area contributed by atoms with E-state index in [1.807, 2.05) is 25.1 Å². The third kappa shape index (κ3) is 3.38. The first kappa shape index (κ1) is 12.8. The first-order valence-corrected chi connectivity index (χ1v) is 5.48. The van der Waals surface area contributed by atoms with Crippen LogP contribution in [0, 0.1) is 0 Å². The number of rotatable bonds is 5. The van der Waals surface area contributed by atoms with E-state index in [1.165, 1.54) is 0 Å². The fourth-order valence-corrected chi connectivity index (χ4v) is 1.64. The van der Waals surface area contributed by atoms with E-state index in [0.29, 0.717) is 18.1 Å². The van der Waals surface area contributed by atoms with Crippen LogP contribution in [0.1, 0.15) is 12.5 Å². The molecule has 0 unspecified atom stereocenters. The summed E-state index contributed by atoms with van der Waals surface area (Å²) < 4.78 is 15.6. The second kappa shape index (κ2) is 6.33. The van der Waals surface area contributed by atoms with Gasteiger partial charge < -0.3 is 14.2 Å². The van der Waals surface area contributed by atoms with Crippen molar-refractivity contribution in [3.05, 3.63) is 23.8 Å². The summed E-state index contributed by atoms with van der Waals surface area (Å²) in [6.07, 6.45) is 0.580. The SMILES string of the molecule is CCOC(=S)Cc1ccc(OC)cc1OC. The summed E-state index contributed by atoms with van der Waals surface area (Å²) in [6.45, 7) is 2.51. The molecule has 0 saturated carbocycles. The molecule has 0 saturated heterocycles. The topological polar surface area (TPSA) is 27.7 Å². The largest absolute Gasteiger partial charge is 0.497 e. The van der Waals surface area contributed by atoms with Crippen LogP contribution in [0.25, 0.3) is 0 Å². The highest BCUT2D eigenvalue weighted by Crippen LogP contribution is 2.25. The zero-order valence-electron chi connectivity index (χ0n) is 9.78. The Morgan fingerprint density at radius 1 is 1.25 bits per heavy atom. The van der Waals surface area contributed by atoms with E-state index in [-0.39, 0.29) is 0 Å². The molecule has 3 nitrogen and oxygen atoms in total. The van der Waals surface area contributed by atoms with E-state index in [2.05, 4.69) is 0 Å². The van der Waals surface area contributed by atoms with Crippen molar-refractivity contribution in [3.8, 4) is 11.5 Å². The van der Waals surface area contributed by atoms with E-state index < -0.39 is 0 Å². The summed E-state index contributed by atoms with van der Waals surface area (Å²) in [7, 11) is 3.25. The van der Waals surface area contributed by atoms with Gasteiger partial charge in [-0.05, 0) is 25.2 Å². The number of hydrogen-bond acceptors (Lipinski definition) is 4. The molecule has 0 amide bonds. The van der Waals surface area contributed by atoms with Crippen molar-refractivity contribution in [1.29, 1.82) is 0 Å². The molecular formula is C12H16O3S. The van der Waals surface area contributed by atoms with Crippen LogP contribution in [-0.4, -0.2) is 25.9 Å². The lowest BCUT2D eigenvalue weighted by molar-refractivity contribution is 0.328. The zero-order valence-corrected chi connectivity index (χ0v) is 10.6. The van der Waals surface area contributed by atoms with Crippen LogP contribution in [0.2, 0.25) is 0 Å². The van der Waals surface area contributed by atoms with Gasteiger partial charge in [-0.15, -0.1) is 0 Å². The first-order chi connectivity index (χ1) is 7.71. The molecule has 0 atom stereocenters. The molecular weight excluding hydrogens is 224 g/mol. The molecule has 0 bridgehead atoms. The Labute approximate surface area is 101 Å². The Bertz CT molecular complexity index is 363. The van der Waals surface area contributed by atoms with Gasteiger partial charge in [0.2, 0.25) is 0 Å². The minimum absolute atomic E-state index is 0.575. The fourth-order valence-electron chi connectivity index (χ4n) is 1.37. The van der Waals surface area contributed by atoms with E-state index in [0.717, 1.165) is 17.1 Å². The number of benzene rings is 1. The Morgan fingerprint density at radius 3 is 2.56 bits per heavy atom. The third-order valence-electron chi connectivity index (χ3n) is 2.13. The Morgan fingerprint density at radius 2 is 2.00 bits per heavy atom. The van der Waals surface area contributed by atoms with Crippen molar-refractivity contribution in [2.75, 3.05) is 20.8 Å². The van der Waals surface area contributed by atoms with E-state index in [1.54, 1.807) is 14.2 Å². The van der Waals surface area contributed by atoms with Crippen molar-refractivity contribution >= 4 is 17.3 Å². The van der Waals surface area contributed by atoms with Gasteiger partial charge >= 0.3 is 0 Å². The number of methoxy groups -OCH3 is 2. The lowest BCUT2D eigenvalue weighted by Gasteiger charge is -2.11. The number of ether oxygens (including phenoxy) is 3. The number of thiocarbonyl (C=S) groups is 1. The molecule has 0 aliphatic carbocycles. The fraction of sp³-hybridized carbons (Fsp3) is 0.417. The van der Waals surface area contributed by atoms with Crippen molar-refractivity contribution < 1.29 is 14.2 Å². The normalized spacial score (nSPS) is 9.69. The van der Waals surface area contributed by atoms with Crippen LogP contribution in [0.4, 0.5) is 0 Å². The van der Waals surface area contributed by atoms with Gasteiger partial charge in [-0.25, -0.2) is 0 Å². The van der Waals surface area contributed by atoms with E-state index >= 15 is 0 Å². The highest BCUT2D eigenvalue weighted by Gasteiger charge is 2.07. The summed E-state index contributed by atoms with van der Waals surface area (Å²) in [5.41, 5.74) is 1.00. The second-order valence-corrected chi connectivity index (χ2v) is 3.61. The zero-order chi connectivity index (χ0) is 12.0. The van der Waals surface area contributed by atoms with Crippen molar-refractivity contribution in [1.82, 2.24) is 0 Å². The van der Waals surface area contributed by atoms with Gasteiger partial charge in [0.15, 0.2) is 5.05 Å². The molecule has 4 heteroatoms. The molecule has 0 aromatic heterocycles. The van der Waals surface area contributed by atoms with Crippen LogP contribution in [-0.2, 0) is 11.2 Å². The Hall–Kier alpha value is -1.29. The van der Waals surface area contributed by atoms with Gasteiger partial charge in [-0.2, -0.15) is 0 Å². The average Bonchev–Trinajstić information content (AvgIpc) is 2.30. The van der Waals surface area contributed by atoms with Crippen molar-refractivity contribution in [2.45, 2.75) is 13.3 Å². The summed E-state index contributed by atoms with van der Waals surface area (Å²) in [6, 6.07) is 5.65. The molecule has 0 heterocycles. The second-order valence-electron chi connectivity index (χ2n) is 3.16. The molecule has 0 aliphatic rings. The predicted molar refractivity (Wildman–Crippen MR) is 67.5 cm³/mol. The molecule has 0 radical (unpaired) electrons. The molecule has 16 heavy (non-hydrogen) atoms. The molecule has 1 aromatic carbocycles. The van der Waals surface area contributed by atoms with Crippen LogP contribution in [0.15, 0.2) is 18.2 Å². The van der Waals surface area contributed by atoms with Gasteiger partial charge in [0.1, 0.15) is 11.5 Å². The van der Waals surface area contributed by atoms with Gasteiger partial charge in [0.05, 0.1) is 20.8 Å². The lowest BCUT2D eigenvalue weighted by Crippen LogP contribution is -2.06. The highest BCUT2D eigenvalue weighted by atomic mass is 32.1. The van der Waals surface area contributed by atoms with Gasteiger partial charge in [0, 0.05) is 18.1 Å². The lowest BCUT2D eigenvalue weighted by atomic mass is 10.1. The van der Waals surface area contributed by atoms with Gasteiger partial charge in [0.25, 0.3) is 0 Å². The molecule has 0 fully saturated rings. The maximum Gasteiger partial charge on any atom is 0.164 e. The van der Waals surface area contributed by atoms with Crippen molar-refractivity contribution in [2.24, 2.45) is 0 Å². The van der Waals surface area contributed by atoms with E-state index in [9.17, 15) is 0 Å². The van der Waals surface area contributed by atoms with Gasteiger partial charge in [-0.1, -0.05) is 6.07 Å². The minimum atomic E-state index is 0.575. The first-order valence-electron chi connectivity index (χ1n) is 5.07. The molecule has 1 rings (SSSR count). The molecule has 0 spiro atoms. The van der Waals surface area contributed by atoms with E-state index in [4.69, 9.17) is 26.4 Å². The summed E-state index contributed by atoms with van der Waals surface area (Å²) >= 11 is 5.09. The van der Waals surface area contributed by atoms with Crippen LogP contribution < -0.4 is 9.47 Å². The Kier molecular flexibility index (Phi) is 5.05. The number of hydrogen-bond donors (Lipinski definition) is 0. The molecule has 0 N–H and O–H groups in total. The maximum absolute atomic E-state index is 5.27. The monoisotopic (exact) mass is 240 g/mol. The Balaban J connectivity index is 2.83. The molecule has 0 aliphatic heterocycles. The maximum atomic E-state index is 5.27. The summed E-state index contributed by atoms with van der Waals surface area (Å²) in [4.78, 5) is 0. The quantitative estimate of drug-likeness (QED) is 0.739.